The van der Waals surface area contributed by atoms with Crippen LogP contribution in [0, 0.1) is 0 Å². The summed E-state index contributed by atoms with van der Waals surface area (Å²) in [5.41, 5.74) is 20.7. The van der Waals surface area contributed by atoms with Gasteiger partial charge in [-0.2, -0.15) is 0 Å². The number of hydrogen-bond acceptors (Lipinski definition) is 2. The van der Waals surface area contributed by atoms with E-state index in [1.807, 2.05) is 11.3 Å². The molecule has 1 nitrogen and oxygen atoms in total. The molecule has 294 valence electrons. The fourth-order valence-corrected chi connectivity index (χ4v) is 12.0. The molecule has 0 fully saturated rings. The van der Waals surface area contributed by atoms with Crippen molar-refractivity contribution >= 4 is 48.6 Å². The average molecular weight is 818 g/mol. The lowest BCUT2D eigenvalue weighted by atomic mass is 9.70. The van der Waals surface area contributed by atoms with Crippen LogP contribution in [0.5, 0.6) is 0 Å². The molecule has 13 rings (SSSR count). The molecule has 2 aliphatic rings. The molecule has 1 atom stereocenters. The second-order valence-corrected chi connectivity index (χ2v) is 17.8. The van der Waals surface area contributed by atoms with Crippen molar-refractivity contribution in [1.82, 2.24) is 0 Å². The van der Waals surface area contributed by atoms with Crippen LogP contribution in [0.3, 0.4) is 0 Å². The zero-order chi connectivity index (χ0) is 41.5. The maximum Gasteiger partial charge on any atom is 0.0726 e. The Labute approximate surface area is 371 Å². The van der Waals surface area contributed by atoms with Gasteiger partial charge in [0.2, 0.25) is 0 Å². The molecule has 2 heteroatoms. The first kappa shape index (κ1) is 35.9. The Morgan fingerprint density at radius 2 is 0.841 bits per heavy atom. The van der Waals surface area contributed by atoms with Gasteiger partial charge in [0.05, 0.1) is 16.8 Å². The number of benzene rings is 10. The van der Waals surface area contributed by atoms with Crippen molar-refractivity contribution in [3.05, 3.63) is 259 Å². The molecule has 63 heavy (non-hydrogen) atoms. The Bertz CT molecular complexity index is 3570. The van der Waals surface area contributed by atoms with Crippen LogP contribution >= 0.6 is 11.3 Å². The average Bonchev–Trinajstić information content (AvgIpc) is 3.99. The number of thiophene rings is 1. The lowest BCUT2D eigenvalue weighted by Crippen LogP contribution is -2.26. The summed E-state index contributed by atoms with van der Waals surface area (Å²) in [6.45, 7) is 0. The second-order valence-electron chi connectivity index (χ2n) is 16.7. The van der Waals surface area contributed by atoms with Crippen molar-refractivity contribution in [3.63, 3.8) is 0 Å². The van der Waals surface area contributed by atoms with Gasteiger partial charge in [-0.25, -0.2) is 0 Å². The molecule has 10 aromatic carbocycles. The Hall–Kier alpha value is -7.78. The molecule has 1 spiro atoms. The molecule has 0 bridgehead atoms. The number of anilines is 3. The van der Waals surface area contributed by atoms with E-state index in [2.05, 4.69) is 241 Å². The number of rotatable bonds is 6. The number of fused-ring (bicyclic) bond motifs is 13. The molecule has 0 saturated heterocycles. The normalized spacial score (nSPS) is 14.4. The van der Waals surface area contributed by atoms with Crippen molar-refractivity contribution in [2.45, 2.75) is 5.41 Å². The smallest absolute Gasteiger partial charge is 0.0726 e. The first-order valence-corrected chi connectivity index (χ1v) is 22.6. The number of para-hydroxylation sites is 2. The Morgan fingerprint density at radius 1 is 0.317 bits per heavy atom. The van der Waals surface area contributed by atoms with Gasteiger partial charge in [-0.3, -0.25) is 0 Å². The van der Waals surface area contributed by atoms with Crippen molar-refractivity contribution in [2.24, 2.45) is 0 Å². The van der Waals surface area contributed by atoms with Gasteiger partial charge in [0.25, 0.3) is 0 Å². The topological polar surface area (TPSA) is 3.24 Å². The van der Waals surface area contributed by atoms with Gasteiger partial charge in [-0.1, -0.05) is 194 Å². The number of hydrogen-bond donors (Lipinski definition) is 0. The second kappa shape index (κ2) is 14.1. The lowest BCUT2D eigenvalue weighted by Gasteiger charge is -2.32. The molecule has 1 aromatic heterocycles. The first-order chi connectivity index (χ1) is 31.3. The third kappa shape index (κ3) is 5.29. The third-order valence-corrected chi connectivity index (χ3v) is 14.6. The van der Waals surface area contributed by atoms with E-state index in [4.69, 9.17) is 0 Å². The van der Waals surface area contributed by atoms with Gasteiger partial charge in [0.1, 0.15) is 0 Å². The maximum absolute atomic E-state index is 2.52. The van der Waals surface area contributed by atoms with Gasteiger partial charge in [0.15, 0.2) is 0 Å². The summed E-state index contributed by atoms with van der Waals surface area (Å²) in [6, 6.07) is 87.8. The summed E-state index contributed by atoms with van der Waals surface area (Å²) in [7, 11) is 0. The third-order valence-electron chi connectivity index (χ3n) is 13.5. The molecular weight excluding hydrogens is 779 g/mol. The van der Waals surface area contributed by atoms with E-state index in [9.17, 15) is 0 Å². The quantitative estimate of drug-likeness (QED) is 0.162. The van der Waals surface area contributed by atoms with E-state index in [0.29, 0.717) is 0 Å². The number of nitrogens with zero attached hydrogens (tertiary/aromatic N) is 1. The summed E-state index contributed by atoms with van der Waals surface area (Å²) in [6.07, 6.45) is 0. The van der Waals surface area contributed by atoms with Crippen LogP contribution in [-0.2, 0) is 5.41 Å². The molecule has 1 heterocycles. The van der Waals surface area contributed by atoms with Gasteiger partial charge >= 0.3 is 0 Å². The van der Waals surface area contributed by atoms with Crippen LogP contribution in [0.2, 0.25) is 0 Å². The van der Waals surface area contributed by atoms with Crippen LogP contribution in [0.15, 0.2) is 237 Å². The molecule has 2 aliphatic carbocycles. The molecule has 0 aliphatic heterocycles. The fourth-order valence-electron chi connectivity index (χ4n) is 10.9. The predicted molar refractivity (Wildman–Crippen MR) is 267 cm³/mol. The summed E-state index contributed by atoms with van der Waals surface area (Å²) in [5.74, 6) is 0. The zero-order valence-corrected chi connectivity index (χ0v) is 35.2. The lowest BCUT2D eigenvalue weighted by molar-refractivity contribution is 0.794. The maximum atomic E-state index is 2.52. The molecular formula is C61H39NS. The van der Waals surface area contributed by atoms with Gasteiger partial charge in [-0.05, 0) is 109 Å². The van der Waals surface area contributed by atoms with E-state index in [1.165, 1.54) is 98.1 Å². The molecule has 11 aromatic rings. The molecule has 0 N–H and O–H groups in total. The Morgan fingerprint density at radius 3 is 1.65 bits per heavy atom. The zero-order valence-electron chi connectivity index (χ0n) is 34.4. The SMILES string of the molecule is c1ccc(-c2ccc(-c3ccc4c(c3)C3(c5ccccc5-4)c4ccccc4-c4c(N(c5ccccc5)c5ccccc5-c5cccc6sc7ccccc7c56)cccc43)cc2)cc1. The highest BCUT2D eigenvalue weighted by Gasteiger charge is 2.52. The van der Waals surface area contributed by atoms with E-state index in [0.717, 1.165) is 17.1 Å². The van der Waals surface area contributed by atoms with Crippen LogP contribution in [-0.4, -0.2) is 0 Å². The van der Waals surface area contributed by atoms with Crippen LogP contribution in [0.4, 0.5) is 17.1 Å². The highest BCUT2D eigenvalue weighted by molar-refractivity contribution is 7.25. The summed E-state index contributed by atoms with van der Waals surface area (Å²) < 4.78 is 2.61. The first-order valence-electron chi connectivity index (χ1n) is 21.8. The molecule has 0 saturated carbocycles. The van der Waals surface area contributed by atoms with Gasteiger partial charge in [0, 0.05) is 37.0 Å². The van der Waals surface area contributed by atoms with E-state index < -0.39 is 5.41 Å². The van der Waals surface area contributed by atoms with Crippen molar-refractivity contribution in [3.8, 4) is 55.6 Å². The standard InChI is InChI=1S/C61H39NS/c1-3-17-40(18-4-1)41-33-35-42(36-34-41)43-37-38-46-45-21-7-11-26-51(45)61(54(46)39-43)52-27-12-8-23-49(52)60-53(61)28-16-30-56(60)62(44-19-5-2-6-20-44)55-29-13-9-22-47(55)48-25-15-32-58-59(48)50-24-10-14-31-57(50)63-58/h1-39H. The van der Waals surface area contributed by atoms with E-state index in [-0.39, 0.29) is 0 Å². The van der Waals surface area contributed by atoms with Gasteiger partial charge < -0.3 is 4.90 Å². The van der Waals surface area contributed by atoms with Crippen molar-refractivity contribution in [1.29, 1.82) is 0 Å². The summed E-state index contributed by atoms with van der Waals surface area (Å²) >= 11 is 1.87. The van der Waals surface area contributed by atoms with Crippen LogP contribution < -0.4 is 4.90 Å². The Balaban J connectivity index is 1.05. The highest BCUT2D eigenvalue weighted by Crippen LogP contribution is 2.65. The van der Waals surface area contributed by atoms with Crippen LogP contribution in [0.25, 0.3) is 75.8 Å². The summed E-state index contributed by atoms with van der Waals surface area (Å²) in [5, 5.41) is 2.61. The fraction of sp³-hybridized carbons (Fsp3) is 0.0164. The van der Waals surface area contributed by atoms with E-state index >= 15 is 0 Å². The summed E-state index contributed by atoms with van der Waals surface area (Å²) in [4.78, 5) is 2.52. The van der Waals surface area contributed by atoms with Crippen molar-refractivity contribution in [2.75, 3.05) is 4.90 Å². The molecule has 0 amide bonds. The predicted octanol–water partition coefficient (Wildman–Crippen LogP) is 16.9. The van der Waals surface area contributed by atoms with Gasteiger partial charge in [-0.15, -0.1) is 11.3 Å². The molecule has 1 unspecified atom stereocenters. The highest BCUT2D eigenvalue weighted by atomic mass is 32.1. The monoisotopic (exact) mass is 817 g/mol. The van der Waals surface area contributed by atoms with Crippen LogP contribution in [0.1, 0.15) is 22.3 Å². The van der Waals surface area contributed by atoms with E-state index in [1.54, 1.807) is 0 Å². The van der Waals surface area contributed by atoms with Crippen molar-refractivity contribution < 1.29 is 0 Å². The largest absolute Gasteiger partial charge is 0.309 e. The minimum atomic E-state index is -0.517. The molecule has 0 radical (unpaired) electrons. The Kier molecular flexibility index (Phi) is 8.06. The minimum absolute atomic E-state index is 0.517. The minimum Gasteiger partial charge on any atom is -0.309 e.